The van der Waals surface area contributed by atoms with Crippen molar-refractivity contribution in [3.63, 3.8) is 0 Å². The van der Waals surface area contributed by atoms with Gasteiger partial charge < -0.3 is 10.5 Å². The maximum atomic E-state index is 6.32. The minimum Gasteiger partial charge on any atom is -0.455 e. The highest BCUT2D eigenvalue weighted by Crippen LogP contribution is 2.38. The van der Waals surface area contributed by atoms with Crippen LogP contribution in [-0.2, 0) is 11.8 Å². The van der Waals surface area contributed by atoms with Crippen LogP contribution in [0.1, 0.15) is 31.9 Å². The van der Waals surface area contributed by atoms with E-state index < -0.39 is 0 Å². The van der Waals surface area contributed by atoms with E-state index in [4.69, 9.17) is 22.1 Å². The molecule has 21 heavy (non-hydrogen) atoms. The van der Waals surface area contributed by atoms with Crippen LogP contribution >= 0.6 is 11.6 Å². The summed E-state index contributed by atoms with van der Waals surface area (Å²) >= 11 is 6.32. The fourth-order valence-electron chi connectivity index (χ4n) is 2.31. The smallest absolute Gasteiger partial charge is 0.149 e. The van der Waals surface area contributed by atoms with Gasteiger partial charge in [0.05, 0.1) is 5.02 Å². The zero-order valence-electron chi connectivity index (χ0n) is 12.8. The van der Waals surface area contributed by atoms with Crippen molar-refractivity contribution in [2.24, 2.45) is 5.73 Å². The summed E-state index contributed by atoms with van der Waals surface area (Å²) in [6.45, 7) is 7.07. The van der Waals surface area contributed by atoms with E-state index in [2.05, 4.69) is 26.8 Å². The SMILES string of the molecule is CC(C)(C)c1ccccc1Oc1c(Cl)cccc1CCN. The lowest BCUT2D eigenvalue weighted by Gasteiger charge is -2.23. The van der Waals surface area contributed by atoms with Gasteiger partial charge in [0.25, 0.3) is 0 Å². The largest absolute Gasteiger partial charge is 0.455 e. The van der Waals surface area contributed by atoms with Gasteiger partial charge in [0, 0.05) is 5.56 Å². The standard InChI is InChI=1S/C18H22ClNO/c1-18(2,3)14-8-4-5-10-16(14)21-17-13(11-12-20)7-6-9-15(17)19/h4-10H,11-12,20H2,1-3H3. The first-order valence-corrected chi connectivity index (χ1v) is 7.56. The van der Waals surface area contributed by atoms with E-state index in [-0.39, 0.29) is 5.41 Å². The predicted octanol–water partition coefficient (Wildman–Crippen LogP) is 4.93. The Labute approximate surface area is 131 Å². The van der Waals surface area contributed by atoms with Gasteiger partial charge in [0.1, 0.15) is 11.5 Å². The minimum absolute atomic E-state index is 0.00583. The summed E-state index contributed by atoms with van der Waals surface area (Å²) in [4.78, 5) is 0. The summed E-state index contributed by atoms with van der Waals surface area (Å²) in [5, 5.41) is 0.615. The molecule has 0 unspecified atom stereocenters. The monoisotopic (exact) mass is 303 g/mol. The maximum Gasteiger partial charge on any atom is 0.149 e. The van der Waals surface area contributed by atoms with Crippen molar-refractivity contribution in [3.05, 3.63) is 58.6 Å². The summed E-state index contributed by atoms with van der Waals surface area (Å²) < 4.78 is 6.16. The number of benzene rings is 2. The van der Waals surface area contributed by atoms with Gasteiger partial charge in [-0.15, -0.1) is 0 Å². The molecule has 0 aliphatic carbocycles. The Hall–Kier alpha value is -1.51. The molecule has 0 saturated heterocycles. The molecule has 2 rings (SSSR count). The Morgan fingerprint density at radius 2 is 1.76 bits per heavy atom. The number of nitrogens with two attached hydrogens (primary N) is 1. The second kappa shape index (κ2) is 6.50. The molecule has 112 valence electrons. The van der Waals surface area contributed by atoms with E-state index in [1.807, 2.05) is 36.4 Å². The van der Waals surface area contributed by atoms with Gasteiger partial charge in [-0.2, -0.15) is 0 Å². The molecule has 0 aliphatic rings. The van der Waals surface area contributed by atoms with E-state index in [9.17, 15) is 0 Å². The quantitative estimate of drug-likeness (QED) is 0.869. The minimum atomic E-state index is 0.00583. The molecule has 0 amide bonds. The lowest BCUT2D eigenvalue weighted by Crippen LogP contribution is -2.12. The second-order valence-corrected chi connectivity index (χ2v) is 6.52. The molecule has 0 atom stereocenters. The number of hydrogen-bond donors (Lipinski definition) is 1. The molecule has 0 radical (unpaired) electrons. The molecule has 2 aromatic rings. The van der Waals surface area contributed by atoms with Crippen LogP contribution in [0.5, 0.6) is 11.5 Å². The molecule has 0 fully saturated rings. The van der Waals surface area contributed by atoms with Crippen molar-refractivity contribution in [1.82, 2.24) is 0 Å². The highest BCUT2D eigenvalue weighted by atomic mass is 35.5. The topological polar surface area (TPSA) is 35.2 Å². The van der Waals surface area contributed by atoms with Crippen molar-refractivity contribution in [2.45, 2.75) is 32.6 Å². The lowest BCUT2D eigenvalue weighted by molar-refractivity contribution is 0.451. The number of para-hydroxylation sites is 2. The summed E-state index contributed by atoms with van der Waals surface area (Å²) in [6.07, 6.45) is 0.744. The molecule has 0 saturated carbocycles. The van der Waals surface area contributed by atoms with E-state index >= 15 is 0 Å². The van der Waals surface area contributed by atoms with Crippen LogP contribution < -0.4 is 10.5 Å². The highest BCUT2D eigenvalue weighted by molar-refractivity contribution is 6.32. The van der Waals surface area contributed by atoms with Gasteiger partial charge in [-0.3, -0.25) is 0 Å². The molecule has 2 N–H and O–H groups in total. The predicted molar refractivity (Wildman–Crippen MR) is 89.4 cm³/mol. The fraction of sp³-hybridized carbons (Fsp3) is 0.333. The third kappa shape index (κ3) is 3.78. The van der Waals surface area contributed by atoms with Crippen LogP contribution in [0.3, 0.4) is 0 Å². The first-order valence-electron chi connectivity index (χ1n) is 7.18. The summed E-state index contributed by atoms with van der Waals surface area (Å²) in [5.74, 6) is 1.55. The average molecular weight is 304 g/mol. The molecule has 0 bridgehead atoms. The molecule has 2 aromatic carbocycles. The van der Waals surface area contributed by atoms with Crippen LogP contribution in [0.2, 0.25) is 5.02 Å². The molecule has 3 heteroatoms. The summed E-state index contributed by atoms with van der Waals surface area (Å²) in [7, 11) is 0. The van der Waals surface area contributed by atoms with Crippen molar-refractivity contribution in [1.29, 1.82) is 0 Å². The number of hydrogen-bond acceptors (Lipinski definition) is 2. The van der Waals surface area contributed by atoms with Crippen molar-refractivity contribution in [3.8, 4) is 11.5 Å². The Morgan fingerprint density at radius 3 is 2.43 bits per heavy atom. The number of halogens is 1. The first kappa shape index (κ1) is 15.9. The third-order valence-corrected chi connectivity index (χ3v) is 3.67. The fourth-order valence-corrected chi connectivity index (χ4v) is 2.54. The Kier molecular flexibility index (Phi) is 4.92. The average Bonchev–Trinajstić information content (AvgIpc) is 2.42. The molecular formula is C18H22ClNO. The Bertz CT molecular complexity index is 617. The zero-order valence-corrected chi connectivity index (χ0v) is 13.6. The van der Waals surface area contributed by atoms with Gasteiger partial charge in [0.2, 0.25) is 0 Å². The van der Waals surface area contributed by atoms with Crippen LogP contribution in [0.25, 0.3) is 0 Å². The van der Waals surface area contributed by atoms with E-state index in [1.165, 1.54) is 0 Å². The van der Waals surface area contributed by atoms with Crippen LogP contribution in [0, 0.1) is 0 Å². The number of rotatable bonds is 4. The van der Waals surface area contributed by atoms with E-state index in [0.29, 0.717) is 17.3 Å². The summed E-state index contributed by atoms with van der Waals surface area (Å²) in [6, 6.07) is 13.9. The van der Waals surface area contributed by atoms with E-state index in [1.54, 1.807) is 0 Å². The van der Waals surface area contributed by atoms with Crippen molar-refractivity contribution < 1.29 is 4.74 Å². The molecule has 0 spiro atoms. The normalized spacial score (nSPS) is 11.5. The van der Waals surface area contributed by atoms with Gasteiger partial charge in [-0.25, -0.2) is 0 Å². The first-order chi connectivity index (χ1) is 9.93. The molecule has 2 nitrogen and oxygen atoms in total. The Morgan fingerprint density at radius 1 is 1.05 bits per heavy atom. The van der Waals surface area contributed by atoms with Gasteiger partial charge in [-0.1, -0.05) is 62.7 Å². The molecule has 0 aliphatic heterocycles. The van der Waals surface area contributed by atoms with Crippen LogP contribution in [-0.4, -0.2) is 6.54 Å². The molecule has 0 aromatic heterocycles. The number of ether oxygens (including phenoxy) is 1. The lowest BCUT2D eigenvalue weighted by atomic mass is 9.86. The van der Waals surface area contributed by atoms with Gasteiger partial charge in [0.15, 0.2) is 0 Å². The van der Waals surface area contributed by atoms with Crippen LogP contribution in [0.15, 0.2) is 42.5 Å². The second-order valence-electron chi connectivity index (χ2n) is 6.11. The maximum absolute atomic E-state index is 6.32. The Balaban J connectivity index is 2.44. The third-order valence-electron chi connectivity index (χ3n) is 3.37. The zero-order chi connectivity index (χ0) is 15.5. The summed E-state index contributed by atoms with van der Waals surface area (Å²) in [5.41, 5.74) is 7.87. The van der Waals surface area contributed by atoms with Gasteiger partial charge >= 0.3 is 0 Å². The van der Waals surface area contributed by atoms with Crippen molar-refractivity contribution in [2.75, 3.05) is 6.54 Å². The molecular weight excluding hydrogens is 282 g/mol. The van der Waals surface area contributed by atoms with Crippen molar-refractivity contribution >= 4 is 11.6 Å². The highest BCUT2D eigenvalue weighted by Gasteiger charge is 2.20. The van der Waals surface area contributed by atoms with Crippen LogP contribution in [0.4, 0.5) is 0 Å². The molecule has 0 heterocycles. The van der Waals surface area contributed by atoms with E-state index in [0.717, 1.165) is 23.3 Å². The van der Waals surface area contributed by atoms with Gasteiger partial charge in [-0.05, 0) is 36.1 Å².